The summed E-state index contributed by atoms with van der Waals surface area (Å²) in [5, 5.41) is 0. The van der Waals surface area contributed by atoms with E-state index in [1.54, 1.807) is 24.1 Å². The molecule has 0 unspecified atom stereocenters. The molecule has 0 aliphatic heterocycles. The van der Waals surface area contributed by atoms with Crippen LogP contribution in [0.25, 0.3) is 0 Å². The third-order valence-electron chi connectivity index (χ3n) is 1.66. The zero-order chi connectivity index (χ0) is 12.1. The molecule has 0 spiro atoms. The van der Waals surface area contributed by atoms with Crippen LogP contribution in [0.5, 0.6) is 0 Å². The Labute approximate surface area is 110 Å². The van der Waals surface area contributed by atoms with Crippen LogP contribution in [0.2, 0.25) is 0 Å². The minimum Gasteiger partial charge on any atom is -0.339 e. The lowest BCUT2D eigenvalue weighted by molar-refractivity contribution is 0.111. The van der Waals surface area contributed by atoms with E-state index < -0.39 is 0 Å². The predicted molar refractivity (Wildman–Crippen MR) is 67.2 cm³/mol. The number of aryl methyl sites for hydroxylation is 2. The average molecular weight is 350 g/mol. The molecule has 5 nitrogen and oxygen atoms in total. The number of carbonyl (C=O) groups is 1. The number of nitrogens with zero attached hydrogens (tertiary/aromatic N) is 4. The third kappa shape index (κ3) is 3.90. The Hall–Kier alpha value is -0.950. The maximum Gasteiger partial charge on any atom is 0.185 e. The van der Waals surface area contributed by atoms with Crippen molar-refractivity contribution in [1.82, 2.24) is 19.1 Å². The van der Waals surface area contributed by atoms with Crippen molar-refractivity contribution in [2.45, 2.75) is 0 Å². The highest BCUT2D eigenvalue weighted by Gasteiger charge is 1.98. The molecule has 0 bridgehead atoms. The molecule has 2 rings (SSSR count). The van der Waals surface area contributed by atoms with Gasteiger partial charge in [0.25, 0.3) is 0 Å². The molecule has 0 atom stereocenters. The summed E-state index contributed by atoms with van der Waals surface area (Å²) >= 11 is 6.33. The van der Waals surface area contributed by atoms with Gasteiger partial charge in [0, 0.05) is 26.5 Å². The molecule has 2 aromatic heterocycles. The number of imidazole rings is 2. The standard InChI is InChI=1S/C5H5BrN2O.C4H5BrN2/c1-8-2-4(6)7-5(8)3-9;1-7-2-4(5)6-3-7/h2-3H,1H3;2-3H,1H3. The molecule has 0 aliphatic carbocycles. The van der Waals surface area contributed by atoms with Gasteiger partial charge in [-0.3, -0.25) is 4.79 Å². The van der Waals surface area contributed by atoms with E-state index in [1.807, 2.05) is 17.8 Å². The summed E-state index contributed by atoms with van der Waals surface area (Å²) in [6.07, 6.45) is 6.07. The smallest absolute Gasteiger partial charge is 0.185 e. The van der Waals surface area contributed by atoms with Crippen LogP contribution >= 0.6 is 31.9 Å². The number of rotatable bonds is 1. The first-order valence-electron chi connectivity index (χ1n) is 4.30. The van der Waals surface area contributed by atoms with Gasteiger partial charge in [-0.15, -0.1) is 0 Å². The fraction of sp³-hybridized carbons (Fsp3) is 0.222. The van der Waals surface area contributed by atoms with Crippen molar-refractivity contribution in [3.63, 3.8) is 0 Å². The van der Waals surface area contributed by atoms with E-state index in [9.17, 15) is 4.79 Å². The van der Waals surface area contributed by atoms with Gasteiger partial charge in [0.1, 0.15) is 9.21 Å². The molecule has 0 radical (unpaired) electrons. The monoisotopic (exact) mass is 348 g/mol. The van der Waals surface area contributed by atoms with E-state index in [0.29, 0.717) is 16.7 Å². The minimum absolute atomic E-state index is 0.432. The summed E-state index contributed by atoms with van der Waals surface area (Å²) < 4.78 is 5.10. The van der Waals surface area contributed by atoms with Crippen molar-refractivity contribution in [1.29, 1.82) is 0 Å². The third-order valence-corrected chi connectivity index (χ3v) is 2.45. The molecule has 0 N–H and O–H groups in total. The van der Waals surface area contributed by atoms with Gasteiger partial charge < -0.3 is 9.13 Å². The van der Waals surface area contributed by atoms with Gasteiger partial charge in [-0.2, -0.15) is 0 Å². The summed E-state index contributed by atoms with van der Waals surface area (Å²) in [5.41, 5.74) is 0. The van der Waals surface area contributed by atoms with Gasteiger partial charge in [0.15, 0.2) is 12.1 Å². The first kappa shape index (κ1) is 13.1. The van der Waals surface area contributed by atoms with Crippen LogP contribution in [-0.4, -0.2) is 25.4 Å². The van der Waals surface area contributed by atoms with Crippen molar-refractivity contribution in [3.05, 3.63) is 33.8 Å². The van der Waals surface area contributed by atoms with Gasteiger partial charge in [0.05, 0.1) is 6.33 Å². The number of hydrogen-bond donors (Lipinski definition) is 0. The van der Waals surface area contributed by atoms with Gasteiger partial charge in [-0.25, -0.2) is 9.97 Å². The lowest BCUT2D eigenvalue weighted by atomic mass is 10.7. The Kier molecular flexibility index (Phi) is 4.88. The largest absolute Gasteiger partial charge is 0.339 e. The Morgan fingerprint density at radius 1 is 1.25 bits per heavy atom. The molecule has 7 heteroatoms. The molecular formula is C9H10Br2N4O. The van der Waals surface area contributed by atoms with E-state index in [0.717, 1.165) is 4.60 Å². The molecule has 0 aliphatic rings. The second kappa shape index (κ2) is 5.95. The van der Waals surface area contributed by atoms with Crippen LogP contribution in [0.4, 0.5) is 0 Å². The lowest BCUT2D eigenvalue weighted by Gasteiger charge is -1.86. The molecule has 2 heterocycles. The van der Waals surface area contributed by atoms with Crippen molar-refractivity contribution in [2.75, 3.05) is 0 Å². The molecule has 0 amide bonds. The molecular weight excluding hydrogens is 340 g/mol. The Morgan fingerprint density at radius 3 is 2.12 bits per heavy atom. The summed E-state index contributed by atoms with van der Waals surface area (Å²) in [5.74, 6) is 0.432. The fourth-order valence-corrected chi connectivity index (χ4v) is 1.84. The van der Waals surface area contributed by atoms with Crippen LogP contribution in [-0.2, 0) is 14.1 Å². The maximum atomic E-state index is 10.1. The SMILES string of the molecule is Cn1cc(Br)nc1C=O.Cn1cnc(Br)c1. The number of aldehydes is 1. The van der Waals surface area contributed by atoms with Crippen molar-refractivity contribution >= 4 is 38.1 Å². The van der Waals surface area contributed by atoms with Gasteiger partial charge in [-0.1, -0.05) is 0 Å². The van der Waals surface area contributed by atoms with Crippen LogP contribution in [0.15, 0.2) is 27.9 Å². The van der Waals surface area contributed by atoms with Gasteiger partial charge in [-0.05, 0) is 31.9 Å². The highest BCUT2D eigenvalue weighted by atomic mass is 79.9. The second-order valence-electron chi connectivity index (χ2n) is 3.01. The topological polar surface area (TPSA) is 52.7 Å². The quantitative estimate of drug-likeness (QED) is 0.741. The zero-order valence-electron chi connectivity index (χ0n) is 8.76. The first-order chi connectivity index (χ1) is 7.52. The molecule has 16 heavy (non-hydrogen) atoms. The molecule has 0 fully saturated rings. The van der Waals surface area contributed by atoms with Crippen molar-refractivity contribution < 1.29 is 4.79 Å². The van der Waals surface area contributed by atoms with Crippen LogP contribution in [0, 0.1) is 0 Å². The number of hydrogen-bond acceptors (Lipinski definition) is 3. The highest BCUT2D eigenvalue weighted by molar-refractivity contribution is 9.10. The Balaban J connectivity index is 0.000000165. The summed E-state index contributed by atoms with van der Waals surface area (Å²) in [6.45, 7) is 0. The molecule has 0 saturated carbocycles. The first-order valence-corrected chi connectivity index (χ1v) is 5.89. The Morgan fingerprint density at radius 2 is 1.94 bits per heavy atom. The summed E-state index contributed by atoms with van der Waals surface area (Å²) in [4.78, 5) is 17.9. The normalized spacial score (nSPS) is 9.50. The summed E-state index contributed by atoms with van der Waals surface area (Å²) in [6, 6.07) is 0. The van der Waals surface area contributed by atoms with E-state index in [4.69, 9.17) is 0 Å². The van der Waals surface area contributed by atoms with E-state index in [1.165, 1.54) is 0 Å². The van der Waals surface area contributed by atoms with Crippen LogP contribution in [0.1, 0.15) is 10.6 Å². The lowest BCUT2D eigenvalue weighted by Crippen LogP contribution is -1.92. The molecule has 86 valence electrons. The number of halogens is 2. The Bertz CT molecular complexity index is 461. The van der Waals surface area contributed by atoms with E-state index in [2.05, 4.69) is 41.8 Å². The van der Waals surface area contributed by atoms with Crippen LogP contribution in [0.3, 0.4) is 0 Å². The molecule has 2 aromatic rings. The predicted octanol–water partition coefficient (Wildman–Crippen LogP) is 2.18. The van der Waals surface area contributed by atoms with E-state index in [-0.39, 0.29) is 0 Å². The molecule has 0 aromatic carbocycles. The van der Waals surface area contributed by atoms with Gasteiger partial charge >= 0.3 is 0 Å². The fourth-order valence-electron chi connectivity index (χ4n) is 0.934. The number of carbonyl (C=O) groups excluding carboxylic acids is 1. The zero-order valence-corrected chi connectivity index (χ0v) is 11.9. The van der Waals surface area contributed by atoms with Crippen molar-refractivity contribution in [3.8, 4) is 0 Å². The van der Waals surface area contributed by atoms with Crippen LogP contribution < -0.4 is 0 Å². The second-order valence-corrected chi connectivity index (χ2v) is 4.64. The van der Waals surface area contributed by atoms with Gasteiger partial charge in [0.2, 0.25) is 0 Å². The number of aromatic nitrogens is 4. The van der Waals surface area contributed by atoms with Crippen molar-refractivity contribution in [2.24, 2.45) is 14.1 Å². The van der Waals surface area contributed by atoms with E-state index >= 15 is 0 Å². The average Bonchev–Trinajstić information content (AvgIpc) is 2.73. The minimum atomic E-state index is 0.432. The summed E-state index contributed by atoms with van der Waals surface area (Å²) in [7, 11) is 3.69. The molecule has 0 saturated heterocycles. The highest BCUT2D eigenvalue weighted by Crippen LogP contribution is 2.05. The maximum absolute atomic E-state index is 10.1.